The van der Waals surface area contributed by atoms with Crippen LogP contribution < -0.4 is 15.8 Å². The molecule has 0 bridgehead atoms. The first kappa shape index (κ1) is 15.0. The Hall–Kier alpha value is -1.36. The molecule has 0 unspecified atom stereocenters. The monoisotopic (exact) mass is 294 g/mol. The second-order valence-corrected chi connectivity index (χ2v) is 6.22. The van der Waals surface area contributed by atoms with E-state index in [1.807, 2.05) is 30.0 Å². The molecule has 0 aromatic heterocycles. The Morgan fingerprint density at radius 3 is 2.85 bits per heavy atom. The molecular formula is C15H22N2O2S. The Morgan fingerprint density at radius 2 is 2.10 bits per heavy atom. The van der Waals surface area contributed by atoms with Crippen LogP contribution in [0.25, 0.3) is 0 Å². The van der Waals surface area contributed by atoms with E-state index in [9.17, 15) is 4.79 Å². The molecule has 110 valence electrons. The fourth-order valence-corrected chi connectivity index (χ4v) is 3.45. The van der Waals surface area contributed by atoms with E-state index in [1.165, 1.54) is 11.5 Å². The highest BCUT2D eigenvalue weighted by Crippen LogP contribution is 2.25. The summed E-state index contributed by atoms with van der Waals surface area (Å²) in [6.45, 7) is 0.967. The van der Waals surface area contributed by atoms with Crippen LogP contribution >= 0.6 is 11.8 Å². The normalized spacial score (nSPS) is 15.8. The van der Waals surface area contributed by atoms with Crippen LogP contribution in [0.5, 0.6) is 5.75 Å². The van der Waals surface area contributed by atoms with Crippen LogP contribution in [0.1, 0.15) is 19.3 Å². The molecule has 3 N–H and O–H groups in total. The fraction of sp³-hybridized carbons (Fsp3) is 0.533. The molecule has 5 heteroatoms. The molecule has 1 aliphatic heterocycles. The summed E-state index contributed by atoms with van der Waals surface area (Å²) < 4.78 is 5.53. The molecule has 1 aromatic rings. The molecule has 0 aliphatic carbocycles. The third-order valence-corrected chi connectivity index (χ3v) is 4.46. The van der Waals surface area contributed by atoms with Gasteiger partial charge in [-0.1, -0.05) is 12.1 Å². The first-order chi connectivity index (χ1) is 9.75. The predicted octanol–water partition coefficient (Wildman–Crippen LogP) is 2.30. The van der Waals surface area contributed by atoms with E-state index in [0.717, 1.165) is 12.8 Å². The lowest BCUT2D eigenvalue weighted by atomic mass is 9.98. The number of amides is 1. The number of hydrogen-bond acceptors (Lipinski definition) is 4. The highest BCUT2D eigenvalue weighted by molar-refractivity contribution is 7.99. The maximum Gasteiger partial charge on any atom is 0.220 e. The van der Waals surface area contributed by atoms with E-state index in [2.05, 4.69) is 5.32 Å². The number of nitrogens with one attached hydrogen (secondary N) is 1. The molecule has 1 fully saturated rings. The molecule has 0 atom stereocenters. The SMILES string of the molecule is Nc1ccccc1OCCNC(=O)CC1CCSCC1. The maximum absolute atomic E-state index is 11.8. The van der Waals surface area contributed by atoms with Gasteiger partial charge in [0.1, 0.15) is 12.4 Å². The van der Waals surface area contributed by atoms with Gasteiger partial charge in [-0.2, -0.15) is 11.8 Å². The Bertz CT molecular complexity index is 434. The molecule has 4 nitrogen and oxygen atoms in total. The number of nitrogen functional groups attached to an aromatic ring is 1. The van der Waals surface area contributed by atoms with Gasteiger partial charge in [0.2, 0.25) is 5.91 Å². The van der Waals surface area contributed by atoms with Crippen molar-refractivity contribution in [2.75, 3.05) is 30.4 Å². The highest BCUT2D eigenvalue weighted by atomic mass is 32.2. The molecule has 1 aromatic carbocycles. The number of para-hydroxylation sites is 2. The third kappa shape index (κ3) is 4.96. The quantitative estimate of drug-likeness (QED) is 0.624. The number of ether oxygens (including phenoxy) is 1. The second-order valence-electron chi connectivity index (χ2n) is 5.00. The van der Waals surface area contributed by atoms with Gasteiger partial charge in [-0.3, -0.25) is 4.79 Å². The number of carbonyl (C=O) groups excluding carboxylic acids is 1. The standard InChI is InChI=1S/C15H22N2O2S/c16-13-3-1-2-4-14(13)19-8-7-17-15(18)11-12-5-9-20-10-6-12/h1-4,12H,5-11,16H2,(H,17,18). The van der Waals surface area contributed by atoms with Gasteiger partial charge in [0.25, 0.3) is 0 Å². The summed E-state index contributed by atoms with van der Waals surface area (Å²) in [5.41, 5.74) is 6.40. The Morgan fingerprint density at radius 1 is 1.35 bits per heavy atom. The zero-order valence-corrected chi connectivity index (χ0v) is 12.5. The minimum Gasteiger partial charge on any atom is -0.490 e. The molecule has 0 saturated carbocycles. The van der Waals surface area contributed by atoms with Crippen LogP contribution in [0.15, 0.2) is 24.3 Å². The Balaban J connectivity index is 1.60. The predicted molar refractivity (Wildman–Crippen MR) is 84.0 cm³/mol. The van der Waals surface area contributed by atoms with Crippen molar-refractivity contribution < 1.29 is 9.53 Å². The lowest BCUT2D eigenvalue weighted by molar-refractivity contribution is -0.122. The number of benzene rings is 1. The molecular weight excluding hydrogens is 272 g/mol. The molecule has 1 amide bonds. The average molecular weight is 294 g/mol. The largest absolute Gasteiger partial charge is 0.490 e. The van der Waals surface area contributed by atoms with Crippen LogP contribution in [0.2, 0.25) is 0 Å². The van der Waals surface area contributed by atoms with Crippen LogP contribution in [-0.2, 0) is 4.79 Å². The summed E-state index contributed by atoms with van der Waals surface area (Å²) in [6.07, 6.45) is 2.97. The number of carbonyl (C=O) groups is 1. The van der Waals surface area contributed by atoms with Crippen LogP contribution in [-0.4, -0.2) is 30.6 Å². The summed E-state index contributed by atoms with van der Waals surface area (Å²) >= 11 is 1.98. The highest BCUT2D eigenvalue weighted by Gasteiger charge is 2.16. The molecule has 1 saturated heterocycles. The number of hydrogen-bond donors (Lipinski definition) is 2. The van der Waals surface area contributed by atoms with Crippen molar-refractivity contribution in [2.24, 2.45) is 5.92 Å². The van der Waals surface area contributed by atoms with E-state index >= 15 is 0 Å². The summed E-state index contributed by atoms with van der Waals surface area (Å²) in [4.78, 5) is 11.8. The topological polar surface area (TPSA) is 64.3 Å². The lowest BCUT2D eigenvalue weighted by Crippen LogP contribution is -2.30. The van der Waals surface area contributed by atoms with Crippen LogP contribution in [0.3, 0.4) is 0 Å². The minimum absolute atomic E-state index is 0.131. The van der Waals surface area contributed by atoms with E-state index in [0.29, 0.717) is 36.9 Å². The van der Waals surface area contributed by atoms with Crippen LogP contribution in [0, 0.1) is 5.92 Å². The fourth-order valence-electron chi connectivity index (χ4n) is 2.25. The summed E-state index contributed by atoms with van der Waals surface area (Å²) in [5, 5.41) is 2.91. The van der Waals surface area contributed by atoms with Crippen molar-refractivity contribution in [3.63, 3.8) is 0 Å². The van der Waals surface area contributed by atoms with Crippen molar-refractivity contribution in [1.82, 2.24) is 5.32 Å². The van der Waals surface area contributed by atoms with E-state index in [1.54, 1.807) is 6.07 Å². The van der Waals surface area contributed by atoms with Gasteiger partial charge in [-0.05, 0) is 42.4 Å². The smallest absolute Gasteiger partial charge is 0.220 e. The average Bonchev–Trinajstić information content (AvgIpc) is 2.46. The Labute approximate surface area is 124 Å². The van der Waals surface area contributed by atoms with Crippen molar-refractivity contribution in [3.05, 3.63) is 24.3 Å². The molecule has 1 aliphatic rings. The number of nitrogens with two attached hydrogens (primary N) is 1. The van der Waals surface area contributed by atoms with Gasteiger partial charge >= 0.3 is 0 Å². The minimum atomic E-state index is 0.131. The Kier molecular flexibility index (Phi) is 6.05. The van der Waals surface area contributed by atoms with Crippen molar-refractivity contribution in [2.45, 2.75) is 19.3 Å². The summed E-state index contributed by atoms with van der Waals surface area (Å²) in [6, 6.07) is 7.38. The first-order valence-electron chi connectivity index (χ1n) is 7.07. The van der Waals surface area contributed by atoms with Crippen molar-refractivity contribution >= 4 is 23.4 Å². The van der Waals surface area contributed by atoms with Crippen molar-refractivity contribution in [1.29, 1.82) is 0 Å². The number of anilines is 1. The molecule has 20 heavy (non-hydrogen) atoms. The van der Waals surface area contributed by atoms with Gasteiger partial charge in [-0.25, -0.2) is 0 Å². The van der Waals surface area contributed by atoms with Gasteiger partial charge in [0.15, 0.2) is 0 Å². The number of thioether (sulfide) groups is 1. The van der Waals surface area contributed by atoms with Gasteiger partial charge in [0, 0.05) is 6.42 Å². The molecule has 2 rings (SSSR count). The summed E-state index contributed by atoms with van der Waals surface area (Å²) in [5.74, 6) is 3.74. The third-order valence-electron chi connectivity index (χ3n) is 3.42. The first-order valence-corrected chi connectivity index (χ1v) is 8.23. The molecule has 1 heterocycles. The number of rotatable bonds is 6. The van der Waals surface area contributed by atoms with Crippen molar-refractivity contribution in [3.8, 4) is 5.75 Å². The zero-order valence-electron chi connectivity index (χ0n) is 11.6. The molecule has 0 spiro atoms. The van der Waals surface area contributed by atoms with Gasteiger partial charge in [-0.15, -0.1) is 0 Å². The van der Waals surface area contributed by atoms with E-state index in [4.69, 9.17) is 10.5 Å². The van der Waals surface area contributed by atoms with E-state index in [-0.39, 0.29) is 5.91 Å². The van der Waals surface area contributed by atoms with Crippen LogP contribution in [0.4, 0.5) is 5.69 Å². The second kappa shape index (κ2) is 8.04. The van der Waals surface area contributed by atoms with Gasteiger partial charge < -0.3 is 15.8 Å². The van der Waals surface area contributed by atoms with E-state index < -0.39 is 0 Å². The maximum atomic E-state index is 11.8. The lowest BCUT2D eigenvalue weighted by Gasteiger charge is -2.20. The zero-order chi connectivity index (χ0) is 14.2. The summed E-state index contributed by atoms with van der Waals surface area (Å²) in [7, 11) is 0. The molecule has 0 radical (unpaired) electrons. The van der Waals surface area contributed by atoms with Gasteiger partial charge in [0.05, 0.1) is 12.2 Å².